The first kappa shape index (κ1) is 16.8. The van der Waals surface area contributed by atoms with Crippen LogP contribution in [0.3, 0.4) is 0 Å². The van der Waals surface area contributed by atoms with E-state index in [9.17, 15) is 0 Å². The van der Waals surface area contributed by atoms with Crippen molar-refractivity contribution in [1.82, 2.24) is 0 Å². The Kier molecular flexibility index (Phi) is 7.80. The molecule has 2 aromatic rings. The van der Waals surface area contributed by atoms with Gasteiger partial charge in [0.2, 0.25) is 0 Å². The van der Waals surface area contributed by atoms with Crippen LogP contribution in [0, 0.1) is 0 Å². The molecule has 2 aromatic carbocycles. The Bertz CT molecular complexity index is 513. The maximum atomic E-state index is 2.36. The molecule has 0 atom stereocenters. The van der Waals surface area contributed by atoms with E-state index in [0.717, 1.165) is 0 Å². The van der Waals surface area contributed by atoms with Crippen molar-refractivity contribution in [1.29, 1.82) is 0 Å². The number of benzene rings is 2. The van der Waals surface area contributed by atoms with Crippen LogP contribution in [0.2, 0.25) is 0 Å². The molecule has 0 aliphatic rings. The second kappa shape index (κ2) is 10.2. The minimum atomic E-state index is 1.22. The van der Waals surface area contributed by atoms with E-state index in [1.54, 1.807) is 0 Å². The summed E-state index contributed by atoms with van der Waals surface area (Å²) in [5, 5.41) is 0. The van der Waals surface area contributed by atoms with E-state index < -0.39 is 0 Å². The molecule has 22 heavy (non-hydrogen) atoms. The molecule has 118 valence electrons. The van der Waals surface area contributed by atoms with Gasteiger partial charge in [-0.05, 0) is 29.5 Å². The van der Waals surface area contributed by atoms with E-state index in [0.29, 0.717) is 0 Å². The molecule has 0 fully saturated rings. The monoisotopic (exact) mass is 294 g/mol. The van der Waals surface area contributed by atoms with Gasteiger partial charge in [-0.15, -0.1) is 0 Å². The summed E-state index contributed by atoms with van der Waals surface area (Å²) in [7, 11) is 0. The number of aryl methyl sites for hydroxylation is 1. The van der Waals surface area contributed by atoms with E-state index in [1.807, 2.05) is 0 Å². The molecule has 0 heterocycles. The molecule has 0 spiro atoms. The van der Waals surface area contributed by atoms with Gasteiger partial charge in [-0.3, -0.25) is 0 Å². The summed E-state index contributed by atoms with van der Waals surface area (Å²) in [6.07, 6.45) is 12.4. The predicted octanol–water partition coefficient (Wildman–Crippen LogP) is 7.04. The molecule has 0 aliphatic heterocycles. The van der Waals surface area contributed by atoms with Gasteiger partial charge >= 0.3 is 0 Å². The lowest BCUT2D eigenvalue weighted by Crippen LogP contribution is -1.88. The highest BCUT2D eigenvalue weighted by molar-refractivity contribution is 5.63. The summed E-state index contributed by atoms with van der Waals surface area (Å²) in [5.74, 6) is 0. The van der Waals surface area contributed by atoms with Crippen molar-refractivity contribution >= 4 is 0 Å². The highest BCUT2D eigenvalue weighted by Gasteiger charge is 1.99. The number of rotatable bonds is 10. The van der Waals surface area contributed by atoms with Crippen molar-refractivity contribution in [2.75, 3.05) is 0 Å². The van der Waals surface area contributed by atoms with E-state index >= 15 is 0 Å². The van der Waals surface area contributed by atoms with E-state index in [1.165, 1.54) is 74.5 Å². The number of hydrogen-bond acceptors (Lipinski definition) is 0. The lowest BCUT2D eigenvalue weighted by atomic mass is 9.99. The van der Waals surface area contributed by atoms with Gasteiger partial charge in [0.25, 0.3) is 0 Å². The molecule has 0 saturated carbocycles. The Hall–Kier alpha value is -1.56. The van der Waals surface area contributed by atoms with Crippen LogP contribution in [0.4, 0.5) is 0 Å². The van der Waals surface area contributed by atoms with Crippen molar-refractivity contribution in [2.45, 2.75) is 64.7 Å². The van der Waals surface area contributed by atoms with E-state index in [4.69, 9.17) is 0 Å². The minimum absolute atomic E-state index is 1.22. The van der Waals surface area contributed by atoms with Crippen molar-refractivity contribution in [2.24, 2.45) is 0 Å². The van der Waals surface area contributed by atoms with Crippen molar-refractivity contribution in [3.63, 3.8) is 0 Å². The Labute approximate surface area is 136 Å². The zero-order valence-corrected chi connectivity index (χ0v) is 14.1. The fourth-order valence-corrected chi connectivity index (χ4v) is 3.00. The van der Waals surface area contributed by atoms with Gasteiger partial charge in [0.05, 0.1) is 0 Å². The summed E-state index contributed by atoms with van der Waals surface area (Å²) < 4.78 is 0. The molecule has 0 aliphatic carbocycles. The smallest absolute Gasteiger partial charge is 0.0181 e. The quantitative estimate of drug-likeness (QED) is 0.412. The maximum Gasteiger partial charge on any atom is -0.0181 e. The van der Waals surface area contributed by atoms with Gasteiger partial charge in [-0.1, -0.05) is 106 Å². The molecular weight excluding hydrogens is 264 g/mol. The molecule has 0 amide bonds. The van der Waals surface area contributed by atoms with Gasteiger partial charge < -0.3 is 0 Å². The summed E-state index contributed by atoms with van der Waals surface area (Å²) in [5.41, 5.74) is 4.14. The van der Waals surface area contributed by atoms with Crippen LogP contribution in [0.1, 0.15) is 63.9 Å². The third-order valence-electron chi connectivity index (χ3n) is 4.35. The topological polar surface area (TPSA) is 0 Å². The Morgan fingerprint density at radius 2 is 1.23 bits per heavy atom. The summed E-state index contributed by atoms with van der Waals surface area (Å²) in [6, 6.07) is 19.7. The number of unbranched alkanes of at least 4 members (excludes halogenated alkanes) is 7. The van der Waals surface area contributed by atoms with Crippen LogP contribution >= 0.6 is 0 Å². The van der Waals surface area contributed by atoms with Crippen LogP contribution in [0.5, 0.6) is 0 Å². The zero-order valence-electron chi connectivity index (χ0n) is 14.1. The van der Waals surface area contributed by atoms with Crippen molar-refractivity contribution in [3.8, 4) is 11.1 Å². The fraction of sp³-hybridized carbons (Fsp3) is 0.455. The highest BCUT2D eigenvalue weighted by atomic mass is 14.0. The highest BCUT2D eigenvalue weighted by Crippen LogP contribution is 2.21. The second-order valence-electron chi connectivity index (χ2n) is 6.29. The van der Waals surface area contributed by atoms with Gasteiger partial charge in [-0.2, -0.15) is 0 Å². The van der Waals surface area contributed by atoms with Crippen LogP contribution < -0.4 is 0 Å². The molecule has 0 nitrogen and oxygen atoms in total. The average Bonchev–Trinajstić information content (AvgIpc) is 2.58. The second-order valence-corrected chi connectivity index (χ2v) is 6.29. The van der Waals surface area contributed by atoms with Crippen LogP contribution in [0.25, 0.3) is 11.1 Å². The lowest BCUT2D eigenvalue weighted by molar-refractivity contribution is 0.575. The van der Waals surface area contributed by atoms with Crippen molar-refractivity contribution in [3.05, 3.63) is 60.2 Å². The third-order valence-corrected chi connectivity index (χ3v) is 4.35. The predicted molar refractivity (Wildman–Crippen MR) is 98.2 cm³/mol. The fourth-order valence-electron chi connectivity index (χ4n) is 3.00. The van der Waals surface area contributed by atoms with Crippen LogP contribution in [0.15, 0.2) is 54.6 Å². The molecule has 0 heteroatoms. The first-order chi connectivity index (χ1) is 10.9. The van der Waals surface area contributed by atoms with Gasteiger partial charge in [0.1, 0.15) is 0 Å². The Morgan fingerprint density at radius 3 is 1.95 bits per heavy atom. The SMILES string of the molecule is CCCCCCCCCCc1cccc(-c2ccccc2)c1. The van der Waals surface area contributed by atoms with Gasteiger partial charge in [0.15, 0.2) is 0 Å². The zero-order chi connectivity index (χ0) is 15.5. The van der Waals surface area contributed by atoms with Crippen molar-refractivity contribution < 1.29 is 0 Å². The van der Waals surface area contributed by atoms with E-state index in [-0.39, 0.29) is 0 Å². The molecule has 0 N–H and O–H groups in total. The average molecular weight is 294 g/mol. The lowest BCUT2D eigenvalue weighted by Gasteiger charge is -2.06. The molecule has 0 bridgehead atoms. The largest absolute Gasteiger partial charge is 0.0654 e. The van der Waals surface area contributed by atoms with Gasteiger partial charge in [-0.25, -0.2) is 0 Å². The summed E-state index contributed by atoms with van der Waals surface area (Å²) >= 11 is 0. The van der Waals surface area contributed by atoms with Gasteiger partial charge in [0, 0.05) is 0 Å². The Balaban J connectivity index is 1.70. The minimum Gasteiger partial charge on any atom is -0.0654 e. The van der Waals surface area contributed by atoms with Crippen LogP contribution in [-0.4, -0.2) is 0 Å². The molecular formula is C22H30. The molecule has 0 unspecified atom stereocenters. The first-order valence-corrected chi connectivity index (χ1v) is 9.04. The molecule has 0 aromatic heterocycles. The third kappa shape index (κ3) is 6.05. The molecule has 0 radical (unpaired) electrons. The Morgan fingerprint density at radius 1 is 0.591 bits per heavy atom. The summed E-state index contributed by atoms with van der Waals surface area (Å²) in [4.78, 5) is 0. The van der Waals surface area contributed by atoms with Crippen LogP contribution in [-0.2, 0) is 6.42 Å². The molecule has 0 saturated heterocycles. The standard InChI is InChI=1S/C22H30/c1-2-3-4-5-6-7-8-10-14-20-15-13-18-22(19-20)21-16-11-9-12-17-21/h9,11-13,15-19H,2-8,10,14H2,1H3. The molecule has 2 rings (SSSR count). The maximum absolute atomic E-state index is 2.36. The first-order valence-electron chi connectivity index (χ1n) is 9.04. The van der Waals surface area contributed by atoms with E-state index in [2.05, 4.69) is 61.5 Å². The number of hydrogen-bond donors (Lipinski definition) is 0. The normalized spacial score (nSPS) is 10.8. The summed E-state index contributed by atoms with van der Waals surface area (Å²) in [6.45, 7) is 2.28.